The third-order valence-electron chi connectivity index (χ3n) is 10.0. The first kappa shape index (κ1) is 29.5. The van der Waals surface area contributed by atoms with E-state index in [0.29, 0.717) is 39.1 Å². The van der Waals surface area contributed by atoms with Gasteiger partial charge in [-0.3, -0.25) is 4.79 Å². The molecule has 8 nitrogen and oxygen atoms in total. The smallest absolute Gasteiger partial charge is 0.280 e. The van der Waals surface area contributed by atoms with Gasteiger partial charge in [0, 0.05) is 5.56 Å². The maximum absolute atomic E-state index is 13.4. The van der Waals surface area contributed by atoms with E-state index < -0.39 is 30.3 Å². The van der Waals surface area contributed by atoms with Crippen LogP contribution in [0.3, 0.4) is 0 Å². The number of hydrogen-bond donors (Lipinski definition) is 6. The molecule has 236 valence electrons. The Morgan fingerprint density at radius 3 is 1.79 bits per heavy atom. The fourth-order valence-corrected chi connectivity index (χ4v) is 7.41. The van der Waals surface area contributed by atoms with Crippen LogP contribution in [0, 0.1) is 0 Å². The number of aryl methyl sites for hydroxylation is 1. The highest BCUT2D eigenvalue weighted by atomic mass is 16.3. The molecule has 0 radical (unpaired) electrons. The van der Waals surface area contributed by atoms with Crippen molar-refractivity contribution in [2.24, 2.45) is 4.99 Å². The minimum absolute atomic E-state index is 0.195. The van der Waals surface area contributed by atoms with Crippen molar-refractivity contribution in [2.75, 3.05) is 0 Å². The maximum Gasteiger partial charge on any atom is 0.280 e. The Kier molecular flexibility index (Phi) is 6.65. The van der Waals surface area contributed by atoms with Crippen LogP contribution in [0.1, 0.15) is 106 Å². The molecule has 4 aromatic carbocycles. The molecule has 0 fully saturated rings. The fraction of sp³-hybridized carbons (Fsp3) is 0.231. The summed E-state index contributed by atoms with van der Waals surface area (Å²) in [6.45, 7) is 6.19. The molecule has 2 aliphatic carbocycles. The quantitative estimate of drug-likeness (QED) is 0.133. The first-order chi connectivity index (χ1) is 22.6. The van der Waals surface area contributed by atoms with Crippen LogP contribution < -0.4 is 0 Å². The molecule has 0 saturated carbocycles. The topological polar surface area (TPSA) is 146 Å². The molecule has 8 heteroatoms. The number of benzene rings is 4. The lowest BCUT2D eigenvalue weighted by molar-refractivity contribution is 0.0157. The number of carbonyl (C=O) groups excluding carboxylic acids is 1. The van der Waals surface area contributed by atoms with Gasteiger partial charge in [-0.25, -0.2) is 4.99 Å². The number of H-pyrrole nitrogens is 1. The van der Waals surface area contributed by atoms with Crippen molar-refractivity contribution in [3.8, 4) is 39.4 Å². The summed E-state index contributed by atoms with van der Waals surface area (Å²) in [5.74, 6) is -0.508. The van der Waals surface area contributed by atoms with Gasteiger partial charge in [-0.15, -0.1) is 0 Å². The van der Waals surface area contributed by atoms with Gasteiger partial charge in [-0.2, -0.15) is 0 Å². The number of aromatic amines is 1. The number of rotatable bonds is 4. The average Bonchev–Trinajstić information content (AvgIpc) is 3.62. The number of aliphatic hydroxyl groups is 4. The molecule has 4 atom stereocenters. The first-order valence-corrected chi connectivity index (χ1v) is 15.9. The second-order valence-electron chi connectivity index (χ2n) is 13.0. The Morgan fingerprint density at radius 2 is 1.19 bits per heavy atom. The largest absolute Gasteiger partial charge is 0.494 e. The number of carbonyl (C=O) groups is 1. The van der Waals surface area contributed by atoms with E-state index in [0.717, 1.165) is 39.8 Å². The van der Waals surface area contributed by atoms with Crippen molar-refractivity contribution in [1.82, 2.24) is 4.98 Å². The Labute approximate surface area is 271 Å². The van der Waals surface area contributed by atoms with Crippen molar-refractivity contribution in [1.29, 1.82) is 0 Å². The van der Waals surface area contributed by atoms with E-state index in [-0.39, 0.29) is 28.6 Å². The lowest BCUT2D eigenvalue weighted by Crippen LogP contribution is -2.18. The lowest BCUT2D eigenvalue weighted by Gasteiger charge is -2.30. The van der Waals surface area contributed by atoms with Crippen LogP contribution in [0.2, 0.25) is 0 Å². The van der Waals surface area contributed by atoms with Gasteiger partial charge in [0.05, 0.1) is 22.5 Å². The number of aromatic hydroxyl groups is 1. The number of hydrogen-bond acceptors (Lipinski definition) is 6. The van der Waals surface area contributed by atoms with E-state index >= 15 is 0 Å². The second-order valence-corrected chi connectivity index (χ2v) is 13.0. The third-order valence-corrected chi connectivity index (χ3v) is 10.0. The molecule has 1 aromatic heterocycles. The Bertz CT molecular complexity index is 2180. The molecule has 0 bridgehead atoms. The minimum atomic E-state index is -1.19. The summed E-state index contributed by atoms with van der Waals surface area (Å²) in [4.78, 5) is 20.7. The van der Waals surface area contributed by atoms with Crippen molar-refractivity contribution in [3.63, 3.8) is 0 Å². The average molecular weight is 627 g/mol. The summed E-state index contributed by atoms with van der Waals surface area (Å²) in [5.41, 5.74) is 9.85. The molecule has 4 unspecified atom stereocenters. The molecule has 5 aromatic rings. The zero-order valence-electron chi connectivity index (χ0n) is 26.1. The van der Waals surface area contributed by atoms with Crippen LogP contribution in [0.15, 0.2) is 77.8 Å². The number of nitrogens with one attached hydrogen (secondary N) is 1. The molecule has 1 amide bonds. The predicted molar refractivity (Wildman–Crippen MR) is 178 cm³/mol. The van der Waals surface area contributed by atoms with Crippen LogP contribution in [-0.4, -0.2) is 42.1 Å². The number of aliphatic hydroxyl groups excluding tert-OH is 4. The van der Waals surface area contributed by atoms with Gasteiger partial charge in [-0.05, 0) is 85.7 Å². The Balaban J connectivity index is 1.19. The molecular formula is C39H34N2O6. The number of fused-ring (bicyclic) bond motifs is 7. The summed E-state index contributed by atoms with van der Waals surface area (Å²) in [7, 11) is 0. The molecular weight excluding hydrogens is 592 g/mol. The predicted octanol–water partition coefficient (Wildman–Crippen LogP) is 6.56. The van der Waals surface area contributed by atoms with Crippen molar-refractivity contribution < 1.29 is 30.3 Å². The van der Waals surface area contributed by atoms with Crippen molar-refractivity contribution >= 4 is 11.6 Å². The normalized spacial score (nSPS) is 20.8. The molecule has 47 heavy (non-hydrogen) atoms. The highest BCUT2D eigenvalue weighted by Crippen LogP contribution is 2.49. The minimum Gasteiger partial charge on any atom is -0.494 e. The maximum atomic E-state index is 13.4. The summed E-state index contributed by atoms with van der Waals surface area (Å²) in [6.07, 6.45) is -3.80. The third kappa shape index (κ3) is 4.29. The molecule has 8 rings (SSSR count). The van der Waals surface area contributed by atoms with Gasteiger partial charge >= 0.3 is 0 Å². The highest BCUT2D eigenvalue weighted by Gasteiger charge is 2.37. The van der Waals surface area contributed by atoms with Gasteiger partial charge in [-0.1, -0.05) is 81.4 Å². The SMILES string of the molecule is CCc1ccc2c(c1)C(O)C(O)c1cc(C3=NC(=O)c4c(-c5ccc6c(c5)C(O)C(O)c5cc(C(C)C)ccc5-6)[nH]c(O)c43)ccc1-2. The Hall–Kier alpha value is -4.86. The zero-order valence-corrected chi connectivity index (χ0v) is 26.1. The van der Waals surface area contributed by atoms with Gasteiger partial charge in [0.15, 0.2) is 5.88 Å². The van der Waals surface area contributed by atoms with Crippen LogP contribution in [0.25, 0.3) is 33.5 Å². The van der Waals surface area contributed by atoms with E-state index in [2.05, 4.69) is 23.8 Å². The number of aromatic nitrogens is 1. The molecule has 3 aliphatic rings. The molecule has 6 N–H and O–H groups in total. The Morgan fingerprint density at radius 1 is 0.681 bits per heavy atom. The van der Waals surface area contributed by atoms with E-state index in [9.17, 15) is 30.3 Å². The van der Waals surface area contributed by atoms with Crippen LogP contribution >= 0.6 is 0 Å². The highest BCUT2D eigenvalue weighted by molar-refractivity contribution is 6.30. The summed E-state index contributed by atoms with van der Waals surface area (Å²) in [6, 6.07) is 22.6. The molecule has 2 heterocycles. The van der Waals surface area contributed by atoms with E-state index in [1.165, 1.54) is 0 Å². The van der Waals surface area contributed by atoms with Gasteiger partial charge < -0.3 is 30.5 Å². The van der Waals surface area contributed by atoms with Gasteiger partial charge in [0.1, 0.15) is 24.4 Å². The van der Waals surface area contributed by atoms with Crippen LogP contribution in [0.4, 0.5) is 0 Å². The standard InChI is InChI=1S/C39H34N2O6/c1-4-18-5-9-22-24-11-7-20(15-28(24)36(44)34(42)26(22)13-18)32-30-31(39(47)40-32)33(41-38(30)46)21-8-12-25-23-10-6-19(17(2)3)14-27(23)35(43)37(45)29(25)16-21/h5-17,34-37,41-46H,4H2,1-3H3. The summed E-state index contributed by atoms with van der Waals surface area (Å²) >= 11 is 0. The lowest BCUT2D eigenvalue weighted by atomic mass is 9.79. The molecule has 0 spiro atoms. The fourth-order valence-electron chi connectivity index (χ4n) is 7.41. The summed E-state index contributed by atoms with van der Waals surface area (Å²) in [5, 5.41) is 55.6. The first-order valence-electron chi connectivity index (χ1n) is 15.9. The number of nitrogens with zero attached hydrogens (tertiary/aromatic N) is 1. The molecule has 1 aliphatic heterocycles. The van der Waals surface area contributed by atoms with Gasteiger partial charge in [0.2, 0.25) is 0 Å². The number of aliphatic imine (C=N–C) groups is 1. The zero-order chi connectivity index (χ0) is 32.9. The van der Waals surface area contributed by atoms with Gasteiger partial charge in [0.25, 0.3) is 5.91 Å². The van der Waals surface area contributed by atoms with Crippen LogP contribution in [0.5, 0.6) is 5.88 Å². The second kappa shape index (κ2) is 10.6. The van der Waals surface area contributed by atoms with E-state index in [1.807, 2.05) is 61.5 Å². The van der Waals surface area contributed by atoms with E-state index in [4.69, 9.17) is 0 Å². The number of amides is 1. The molecule has 0 saturated heterocycles. The van der Waals surface area contributed by atoms with Crippen molar-refractivity contribution in [2.45, 2.75) is 57.5 Å². The summed E-state index contributed by atoms with van der Waals surface area (Å²) < 4.78 is 0. The van der Waals surface area contributed by atoms with Crippen molar-refractivity contribution in [3.05, 3.63) is 123 Å². The van der Waals surface area contributed by atoms with Crippen LogP contribution in [-0.2, 0) is 6.42 Å². The monoisotopic (exact) mass is 626 g/mol. The van der Waals surface area contributed by atoms with E-state index in [1.54, 1.807) is 18.2 Å².